The Kier molecular flexibility index (Phi) is 3.51. The van der Waals surface area contributed by atoms with Crippen LogP contribution in [0.15, 0.2) is 45.6 Å². The van der Waals surface area contributed by atoms with Gasteiger partial charge in [-0.25, -0.2) is 9.18 Å². The van der Waals surface area contributed by atoms with E-state index in [9.17, 15) is 9.18 Å². The number of aryl methyl sites for hydroxylation is 1. The van der Waals surface area contributed by atoms with Crippen molar-refractivity contribution in [2.75, 3.05) is 0 Å². The first kappa shape index (κ1) is 14.2. The van der Waals surface area contributed by atoms with Crippen LogP contribution in [0, 0.1) is 5.82 Å². The van der Waals surface area contributed by atoms with Crippen molar-refractivity contribution in [3.63, 3.8) is 0 Å². The molecule has 21 heavy (non-hydrogen) atoms. The number of hydrogen-bond acceptors (Lipinski definition) is 2. The third-order valence-electron chi connectivity index (χ3n) is 3.35. The van der Waals surface area contributed by atoms with Crippen molar-refractivity contribution < 1.29 is 8.81 Å². The number of fused-ring (bicyclic) bond motifs is 1. The Balaban J connectivity index is 2.06. The van der Waals surface area contributed by atoms with Crippen molar-refractivity contribution in [3.05, 3.63) is 68.9 Å². The molecule has 3 nitrogen and oxygen atoms in total. The second kappa shape index (κ2) is 5.20. The van der Waals surface area contributed by atoms with Crippen LogP contribution in [0.5, 0.6) is 0 Å². The summed E-state index contributed by atoms with van der Waals surface area (Å²) >= 11 is 12.2. The fourth-order valence-electron chi connectivity index (χ4n) is 2.17. The summed E-state index contributed by atoms with van der Waals surface area (Å²) in [4.78, 5) is 11.5. The van der Waals surface area contributed by atoms with Crippen molar-refractivity contribution in [3.8, 4) is 0 Å². The maximum Gasteiger partial charge on any atom is 0.419 e. The van der Waals surface area contributed by atoms with Crippen LogP contribution in [-0.2, 0) is 7.05 Å². The van der Waals surface area contributed by atoms with Crippen LogP contribution in [0.25, 0.3) is 11.1 Å². The minimum Gasteiger partial charge on any atom is -0.408 e. The Morgan fingerprint density at radius 3 is 2.57 bits per heavy atom. The van der Waals surface area contributed by atoms with E-state index in [-0.39, 0.29) is 5.02 Å². The number of hydrogen-bond donors (Lipinski definition) is 0. The van der Waals surface area contributed by atoms with Crippen LogP contribution in [0.4, 0.5) is 4.39 Å². The van der Waals surface area contributed by atoms with Gasteiger partial charge in [-0.15, -0.1) is 11.6 Å². The molecular weight excluding hydrogens is 316 g/mol. The Labute approximate surface area is 129 Å². The first-order valence-electron chi connectivity index (χ1n) is 6.16. The number of nitrogens with zero attached hydrogens (tertiary/aromatic N) is 1. The fourth-order valence-corrected chi connectivity index (χ4v) is 2.63. The minimum absolute atomic E-state index is 0.0190. The smallest absolute Gasteiger partial charge is 0.408 e. The molecule has 0 spiro atoms. The second-order valence-electron chi connectivity index (χ2n) is 4.69. The lowest BCUT2D eigenvalue weighted by Gasteiger charge is -2.11. The topological polar surface area (TPSA) is 35.1 Å². The monoisotopic (exact) mass is 325 g/mol. The van der Waals surface area contributed by atoms with Crippen molar-refractivity contribution in [1.29, 1.82) is 0 Å². The quantitative estimate of drug-likeness (QED) is 0.660. The van der Waals surface area contributed by atoms with Crippen molar-refractivity contribution in [1.82, 2.24) is 4.57 Å². The molecule has 0 aliphatic rings. The predicted molar refractivity (Wildman–Crippen MR) is 80.6 cm³/mol. The van der Waals surface area contributed by atoms with E-state index in [1.807, 2.05) is 0 Å². The summed E-state index contributed by atoms with van der Waals surface area (Å²) in [6.45, 7) is 0. The average Bonchev–Trinajstić information content (AvgIpc) is 2.76. The summed E-state index contributed by atoms with van der Waals surface area (Å²) in [7, 11) is 1.63. The largest absolute Gasteiger partial charge is 0.419 e. The van der Waals surface area contributed by atoms with Crippen LogP contribution < -0.4 is 5.76 Å². The normalized spacial score (nSPS) is 12.8. The first-order chi connectivity index (χ1) is 9.97. The summed E-state index contributed by atoms with van der Waals surface area (Å²) in [6.07, 6.45) is 0. The van der Waals surface area contributed by atoms with E-state index in [4.69, 9.17) is 27.6 Å². The zero-order valence-electron chi connectivity index (χ0n) is 10.9. The van der Waals surface area contributed by atoms with E-state index in [1.165, 1.54) is 16.7 Å². The molecule has 0 saturated carbocycles. The maximum absolute atomic E-state index is 13.2. The van der Waals surface area contributed by atoms with E-state index >= 15 is 0 Å². The van der Waals surface area contributed by atoms with Gasteiger partial charge in [0.25, 0.3) is 0 Å². The summed E-state index contributed by atoms with van der Waals surface area (Å²) in [6, 6.07) is 9.59. The zero-order chi connectivity index (χ0) is 15.1. The molecule has 108 valence electrons. The van der Waals surface area contributed by atoms with Crippen molar-refractivity contribution in [2.24, 2.45) is 7.05 Å². The first-order valence-corrected chi connectivity index (χ1v) is 6.97. The third kappa shape index (κ3) is 2.45. The molecule has 0 aliphatic heterocycles. The molecule has 0 aliphatic carbocycles. The van der Waals surface area contributed by atoms with Crippen LogP contribution in [-0.4, -0.2) is 4.57 Å². The van der Waals surface area contributed by atoms with Gasteiger partial charge in [0, 0.05) is 7.05 Å². The fraction of sp³-hybridized carbons (Fsp3) is 0.133. The van der Waals surface area contributed by atoms with Crippen molar-refractivity contribution >= 4 is 34.3 Å². The molecule has 1 aromatic heterocycles. The minimum atomic E-state index is -0.516. The summed E-state index contributed by atoms with van der Waals surface area (Å²) < 4.78 is 19.7. The number of rotatable bonds is 2. The van der Waals surface area contributed by atoms with Gasteiger partial charge in [-0.05, 0) is 35.4 Å². The van der Waals surface area contributed by atoms with Gasteiger partial charge in [0.2, 0.25) is 0 Å². The summed E-state index contributed by atoms with van der Waals surface area (Å²) in [5.74, 6) is -0.924. The molecule has 0 bridgehead atoms. The maximum atomic E-state index is 13.2. The molecule has 6 heteroatoms. The van der Waals surface area contributed by atoms with E-state index < -0.39 is 17.0 Å². The van der Waals surface area contributed by atoms with Crippen LogP contribution in [0.2, 0.25) is 5.02 Å². The Bertz CT molecular complexity index is 885. The van der Waals surface area contributed by atoms with Gasteiger partial charge in [0.15, 0.2) is 5.58 Å². The molecule has 3 aromatic rings. The standard InChI is InChI=1S/C15H10Cl2FNO2/c1-19-12-5-3-9(7-13(12)21-15(19)20)14(17)8-2-4-11(18)10(16)6-8/h2-7,14H,1H3. The average molecular weight is 326 g/mol. The van der Waals surface area contributed by atoms with Crippen LogP contribution in [0.3, 0.4) is 0 Å². The predicted octanol–water partition coefficient (Wildman–Crippen LogP) is 4.25. The van der Waals surface area contributed by atoms with Gasteiger partial charge in [0.1, 0.15) is 5.82 Å². The van der Waals surface area contributed by atoms with Gasteiger partial charge < -0.3 is 4.42 Å². The number of oxazole rings is 1. The molecular formula is C15H10Cl2FNO2. The second-order valence-corrected chi connectivity index (χ2v) is 5.53. The molecule has 1 heterocycles. The van der Waals surface area contributed by atoms with Gasteiger partial charge in [-0.3, -0.25) is 4.57 Å². The van der Waals surface area contributed by atoms with E-state index in [0.29, 0.717) is 16.7 Å². The summed E-state index contributed by atoms with van der Waals surface area (Å²) in [5.41, 5.74) is 2.55. The highest BCUT2D eigenvalue weighted by atomic mass is 35.5. The molecule has 0 amide bonds. The molecule has 3 rings (SSSR count). The van der Waals surface area contributed by atoms with Crippen LogP contribution in [0.1, 0.15) is 16.5 Å². The lowest BCUT2D eigenvalue weighted by Crippen LogP contribution is -2.08. The molecule has 1 unspecified atom stereocenters. The Morgan fingerprint density at radius 2 is 1.86 bits per heavy atom. The van der Waals surface area contributed by atoms with Gasteiger partial charge in [-0.1, -0.05) is 23.7 Å². The number of halogens is 3. The SMILES string of the molecule is Cn1c(=O)oc2cc(C(Cl)c3ccc(F)c(Cl)c3)ccc21. The zero-order valence-corrected chi connectivity index (χ0v) is 12.5. The molecule has 0 N–H and O–H groups in total. The van der Waals surface area contributed by atoms with Gasteiger partial charge >= 0.3 is 5.76 Å². The van der Waals surface area contributed by atoms with Gasteiger partial charge in [0.05, 0.1) is 15.9 Å². The summed E-state index contributed by atoms with van der Waals surface area (Å²) in [5, 5.41) is -0.497. The highest BCUT2D eigenvalue weighted by molar-refractivity contribution is 6.31. The number of benzene rings is 2. The number of alkyl halides is 1. The van der Waals surface area contributed by atoms with E-state index in [0.717, 1.165) is 5.56 Å². The third-order valence-corrected chi connectivity index (χ3v) is 4.14. The molecule has 0 saturated heterocycles. The van der Waals surface area contributed by atoms with Gasteiger partial charge in [-0.2, -0.15) is 0 Å². The number of aromatic nitrogens is 1. The van der Waals surface area contributed by atoms with Crippen molar-refractivity contribution in [2.45, 2.75) is 5.38 Å². The molecule has 1 atom stereocenters. The molecule has 2 aromatic carbocycles. The lowest BCUT2D eigenvalue weighted by molar-refractivity contribution is 0.528. The van der Waals surface area contributed by atoms with E-state index in [1.54, 1.807) is 31.3 Å². The molecule has 0 fully saturated rings. The lowest BCUT2D eigenvalue weighted by atomic mass is 10.0. The van der Waals surface area contributed by atoms with E-state index in [2.05, 4.69) is 0 Å². The highest BCUT2D eigenvalue weighted by Crippen LogP contribution is 2.32. The highest BCUT2D eigenvalue weighted by Gasteiger charge is 2.15. The molecule has 0 radical (unpaired) electrons. The Morgan fingerprint density at radius 1 is 1.19 bits per heavy atom. The Hall–Kier alpha value is -1.78. The van der Waals surface area contributed by atoms with Crippen LogP contribution >= 0.6 is 23.2 Å².